The molecule has 0 atom stereocenters. The molecule has 0 saturated carbocycles. The second-order valence-corrected chi connectivity index (χ2v) is 2.64. The highest BCUT2D eigenvalue weighted by atomic mass is 17.2. The molecule has 1 aromatic heterocycles. The quantitative estimate of drug-likeness (QED) is 0.313. The van der Waals surface area contributed by atoms with Crippen molar-refractivity contribution in [3.05, 3.63) is 24.5 Å². The molecule has 0 unspecified atom stereocenters. The number of hydrogen-bond donors (Lipinski definition) is 1. The molecule has 0 aliphatic carbocycles. The fourth-order valence-electron chi connectivity index (χ4n) is 0.843. The number of aromatic nitrogens is 1. The van der Waals surface area contributed by atoms with Gasteiger partial charge in [0.2, 0.25) is 0 Å². The van der Waals surface area contributed by atoms with Crippen LogP contribution in [0.2, 0.25) is 0 Å². The van der Waals surface area contributed by atoms with E-state index in [2.05, 4.69) is 9.79 Å². The maximum Gasteiger partial charge on any atom is 0.556 e. The summed E-state index contributed by atoms with van der Waals surface area (Å²) in [6.45, 7) is 2.39. The standard InChI is InChI=1S/C8H12BNO4/c1-2-6-12-14-9(13-11)8-4-3-5-10-7-8/h3-5,7,11H,2,6H2,1H3. The fourth-order valence-corrected chi connectivity index (χ4v) is 0.843. The van der Waals surface area contributed by atoms with Crippen molar-refractivity contribution in [2.24, 2.45) is 0 Å². The summed E-state index contributed by atoms with van der Waals surface area (Å²) in [5.41, 5.74) is 0.589. The van der Waals surface area contributed by atoms with Crippen LogP contribution in [0.15, 0.2) is 24.5 Å². The minimum atomic E-state index is -0.949. The van der Waals surface area contributed by atoms with Crippen LogP contribution >= 0.6 is 0 Å². The van der Waals surface area contributed by atoms with Gasteiger partial charge in [0.1, 0.15) is 0 Å². The van der Waals surface area contributed by atoms with Crippen molar-refractivity contribution in [3.8, 4) is 0 Å². The molecule has 0 fully saturated rings. The topological polar surface area (TPSA) is 60.8 Å². The smallest absolute Gasteiger partial charge is 0.265 e. The van der Waals surface area contributed by atoms with E-state index in [1.54, 1.807) is 18.3 Å². The largest absolute Gasteiger partial charge is 0.556 e. The predicted octanol–water partition coefficient (Wildman–Crippen LogP) is 0.625. The zero-order valence-corrected chi connectivity index (χ0v) is 7.92. The van der Waals surface area contributed by atoms with Gasteiger partial charge in [0, 0.05) is 17.9 Å². The molecule has 0 bridgehead atoms. The Morgan fingerprint density at radius 2 is 2.43 bits per heavy atom. The molecule has 6 heteroatoms. The first-order chi connectivity index (χ1) is 6.88. The van der Waals surface area contributed by atoms with Crippen LogP contribution in [-0.4, -0.2) is 24.0 Å². The van der Waals surface area contributed by atoms with Gasteiger partial charge in [0.15, 0.2) is 0 Å². The average molecular weight is 197 g/mol. The summed E-state index contributed by atoms with van der Waals surface area (Å²) in [6.07, 6.45) is 3.96. The molecule has 5 nitrogen and oxygen atoms in total. The van der Waals surface area contributed by atoms with Gasteiger partial charge in [-0.2, -0.15) is 0 Å². The predicted molar refractivity (Wildman–Crippen MR) is 50.7 cm³/mol. The van der Waals surface area contributed by atoms with Gasteiger partial charge in [-0.25, -0.2) is 4.89 Å². The van der Waals surface area contributed by atoms with Crippen LogP contribution in [0.3, 0.4) is 0 Å². The molecular weight excluding hydrogens is 185 g/mol. The third kappa shape index (κ3) is 3.43. The first-order valence-electron chi connectivity index (χ1n) is 4.37. The van der Waals surface area contributed by atoms with E-state index in [-0.39, 0.29) is 0 Å². The SMILES string of the molecule is CCCOOB(OO)c1cccnc1. The Bertz CT molecular complexity index is 246. The van der Waals surface area contributed by atoms with Crippen molar-refractivity contribution in [1.82, 2.24) is 4.98 Å². The summed E-state index contributed by atoms with van der Waals surface area (Å²) >= 11 is 0. The molecule has 0 aliphatic rings. The Balaban J connectivity index is 2.46. The van der Waals surface area contributed by atoms with Gasteiger partial charge in [-0.05, 0) is 12.5 Å². The van der Waals surface area contributed by atoms with Crippen LogP contribution in [0.1, 0.15) is 13.3 Å². The molecule has 1 heterocycles. The lowest BCUT2D eigenvalue weighted by atomic mass is 9.81. The van der Waals surface area contributed by atoms with Crippen LogP contribution in [0.5, 0.6) is 0 Å². The van der Waals surface area contributed by atoms with Crippen molar-refractivity contribution in [3.63, 3.8) is 0 Å². The van der Waals surface area contributed by atoms with E-state index in [0.29, 0.717) is 12.1 Å². The molecule has 0 aromatic carbocycles. The zero-order valence-electron chi connectivity index (χ0n) is 7.92. The summed E-state index contributed by atoms with van der Waals surface area (Å²) in [4.78, 5) is 17.5. The fraction of sp³-hybridized carbons (Fsp3) is 0.375. The molecule has 0 amide bonds. The van der Waals surface area contributed by atoms with Gasteiger partial charge >= 0.3 is 7.12 Å². The zero-order chi connectivity index (χ0) is 10.2. The highest BCUT2D eigenvalue weighted by Gasteiger charge is 2.23. The summed E-state index contributed by atoms with van der Waals surface area (Å²) in [7, 11) is -0.949. The highest BCUT2D eigenvalue weighted by molar-refractivity contribution is 6.60. The highest BCUT2D eigenvalue weighted by Crippen LogP contribution is 1.92. The molecule has 1 aromatic rings. The van der Waals surface area contributed by atoms with E-state index in [1.807, 2.05) is 6.92 Å². The normalized spacial score (nSPS) is 10.1. The lowest BCUT2D eigenvalue weighted by Crippen LogP contribution is -2.36. The Hall–Kier alpha value is -0.945. The van der Waals surface area contributed by atoms with E-state index in [9.17, 15) is 0 Å². The summed E-state index contributed by atoms with van der Waals surface area (Å²) in [6, 6.07) is 3.42. The Labute approximate surface area is 82.6 Å². The van der Waals surface area contributed by atoms with Crippen molar-refractivity contribution in [2.45, 2.75) is 13.3 Å². The van der Waals surface area contributed by atoms with Gasteiger partial charge < -0.3 is 0 Å². The average Bonchev–Trinajstić information content (AvgIpc) is 2.26. The molecule has 0 radical (unpaired) electrons. The van der Waals surface area contributed by atoms with Crippen molar-refractivity contribution >= 4 is 12.6 Å². The van der Waals surface area contributed by atoms with E-state index < -0.39 is 7.12 Å². The number of pyridine rings is 1. The van der Waals surface area contributed by atoms with Crippen molar-refractivity contribution < 1.29 is 19.8 Å². The van der Waals surface area contributed by atoms with Crippen LogP contribution in [0, 0.1) is 0 Å². The van der Waals surface area contributed by atoms with E-state index in [1.165, 1.54) is 6.20 Å². The molecule has 0 saturated heterocycles. The maximum atomic E-state index is 8.55. The number of nitrogens with zero attached hydrogens (tertiary/aromatic N) is 1. The van der Waals surface area contributed by atoms with Crippen LogP contribution < -0.4 is 5.46 Å². The number of rotatable bonds is 6. The van der Waals surface area contributed by atoms with E-state index >= 15 is 0 Å². The molecule has 0 spiro atoms. The Kier molecular flexibility index (Phi) is 5.17. The second-order valence-electron chi connectivity index (χ2n) is 2.64. The van der Waals surface area contributed by atoms with Crippen molar-refractivity contribution in [2.75, 3.05) is 6.61 Å². The first-order valence-corrected chi connectivity index (χ1v) is 4.37. The minimum Gasteiger partial charge on any atom is -0.265 e. The van der Waals surface area contributed by atoms with Gasteiger partial charge in [-0.3, -0.25) is 19.9 Å². The summed E-state index contributed by atoms with van der Waals surface area (Å²) in [5.74, 6) is 0. The summed E-state index contributed by atoms with van der Waals surface area (Å²) in [5, 5.41) is 8.55. The molecule has 0 aliphatic heterocycles. The first kappa shape index (κ1) is 11.1. The number of hydrogen-bond acceptors (Lipinski definition) is 5. The van der Waals surface area contributed by atoms with Gasteiger partial charge in [-0.1, -0.05) is 13.0 Å². The van der Waals surface area contributed by atoms with Crippen LogP contribution in [0.25, 0.3) is 0 Å². The molecule has 14 heavy (non-hydrogen) atoms. The van der Waals surface area contributed by atoms with Crippen LogP contribution in [-0.2, 0) is 14.5 Å². The van der Waals surface area contributed by atoms with Gasteiger partial charge in [0.05, 0.1) is 6.61 Å². The molecule has 76 valence electrons. The second kappa shape index (κ2) is 6.50. The summed E-state index contributed by atoms with van der Waals surface area (Å²) < 4.78 is 0. The van der Waals surface area contributed by atoms with Gasteiger partial charge in [-0.15, -0.1) is 0 Å². The molecule has 1 N–H and O–H groups in total. The minimum absolute atomic E-state index is 0.445. The third-order valence-electron chi connectivity index (χ3n) is 1.50. The third-order valence-corrected chi connectivity index (χ3v) is 1.50. The Morgan fingerprint density at radius 1 is 1.57 bits per heavy atom. The Morgan fingerprint density at radius 3 is 3.00 bits per heavy atom. The molecule has 1 rings (SSSR count). The maximum absolute atomic E-state index is 8.55. The van der Waals surface area contributed by atoms with Crippen LogP contribution in [0.4, 0.5) is 0 Å². The van der Waals surface area contributed by atoms with E-state index in [0.717, 1.165) is 6.42 Å². The molecular formula is C8H12BNO4. The monoisotopic (exact) mass is 197 g/mol. The van der Waals surface area contributed by atoms with E-state index in [4.69, 9.17) is 14.9 Å². The van der Waals surface area contributed by atoms with Crippen molar-refractivity contribution in [1.29, 1.82) is 0 Å². The lowest BCUT2D eigenvalue weighted by Gasteiger charge is -2.08. The lowest BCUT2D eigenvalue weighted by molar-refractivity contribution is -0.257. The van der Waals surface area contributed by atoms with Gasteiger partial charge in [0.25, 0.3) is 0 Å².